The van der Waals surface area contributed by atoms with Crippen LogP contribution in [-0.4, -0.2) is 22.0 Å². The third kappa shape index (κ3) is 3.41. The van der Waals surface area contributed by atoms with Gasteiger partial charge in [0.15, 0.2) is 0 Å². The predicted octanol–water partition coefficient (Wildman–Crippen LogP) is 2.27. The number of carboxylic acid groups (broad SMARTS) is 1. The summed E-state index contributed by atoms with van der Waals surface area (Å²) in [7, 11) is 0. The van der Waals surface area contributed by atoms with Gasteiger partial charge in [-0.25, -0.2) is 0 Å². The van der Waals surface area contributed by atoms with Gasteiger partial charge >= 0.3 is 5.97 Å². The Balaban J connectivity index is 2.21. The van der Waals surface area contributed by atoms with Gasteiger partial charge in [-0.3, -0.25) is 14.6 Å². The number of amides is 1. The fraction of sp³-hybridized carbons (Fsp3) is 0.133. The second-order valence-corrected chi connectivity index (χ2v) is 4.37. The number of hydrogen-bond donors (Lipinski definition) is 2. The number of rotatable bonds is 4. The van der Waals surface area contributed by atoms with Crippen LogP contribution in [0.5, 0.6) is 0 Å². The molecule has 1 heterocycles. The molecule has 0 unspecified atom stereocenters. The van der Waals surface area contributed by atoms with Crippen LogP contribution in [0.15, 0.2) is 42.6 Å². The number of nitrogens with zero attached hydrogens (tertiary/aromatic N) is 1. The number of pyridine rings is 1. The van der Waals surface area contributed by atoms with Gasteiger partial charge in [0, 0.05) is 23.1 Å². The number of aromatic nitrogens is 1. The molecule has 1 aromatic heterocycles. The SMILES string of the molecule is Cc1cc(C(=O)Nc2ccccc2CC(=O)O)ccn1. The maximum atomic E-state index is 12.1. The van der Waals surface area contributed by atoms with E-state index in [1.54, 1.807) is 49.5 Å². The number of carbonyl (C=O) groups is 2. The van der Waals surface area contributed by atoms with Gasteiger partial charge in [0.1, 0.15) is 0 Å². The fourth-order valence-electron chi connectivity index (χ4n) is 1.84. The molecule has 2 N–H and O–H groups in total. The van der Waals surface area contributed by atoms with Crippen LogP contribution in [0.1, 0.15) is 21.6 Å². The fourth-order valence-corrected chi connectivity index (χ4v) is 1.84. The molecule has 2 rings (SSSR count). The molecule has 0 radical (unpaired) electrons. The van der Waals surface area contributed by atoms with Gasteiger partial charge in [-0.2, -0.15) is 0 Å². The molecule has 0 aliphatic carbocycles. The monoisotopic (exact) mass is 270 g/mol. The second kappa shape index (κ2) is 5.97. The van der Waals surface area contributed by atoms with Crippen molar-refractivity contribution in [2.45, 2.75) is 13.3 Å². The van der Waals surface area contributed by atoms with E-state index in [2.05, 4.69) is 10.3 Å². The number of anilines is 1. The van der Waals surface area contributed by atoms with E-state index in [9.17, 15) is 9.59 Å². The summed E-state index contributed by atoms with van der Waals surface area (Å²) in [6, 6.07) is 10.1. The molecule has 1 amide bonds. The lowest BCUT2D eigenvalue weighted by atomic mass is 10.1. The summed E-state index contributed by atoms with van der Waals surface area (Å²) < 4.78 is 0. The summed E-state index contributed by atoms with van der Waals surface area (Å²) in [5, 5.41) is 11.6. The molecule has 0 bridgehead atoms. The van der Waals surface area contributed by atoms with E-state index in [1.807, 2.05) is 0 Å². The quantitative estimate of drug-likeness (QED) is 0.893. The van der Waals surface area contributed by atoms with E-state index >= 15 is 0 Å². The molecule has 0 aliphatic heterocycles. The molecule has 20 heavy (non-hydrogen) atoms. The Morgan fingerprint density at radius 3 is 2.70 bits per heavy atom. The lowest BCUT2D eigenvalue weighted by molar-refractivity contribution is -0.136. The highest BCUT2D eigenvalue weighted by Gasteiger charge is 2.11. The lowest BCUT2D eigenvalue weighted by Gasteiger charge is -2.09. The van der Waals surface area contributed by atoms with Crippen LogP contribution in [0.3, 0.4) is 0 Å². The molecular formula is C15H14N2O3. The molecule has 0 fully saturated rings. The zero-order valence-corrected chi connectivity index (χ0v) is 11.0. The van der Waals surface area contributed by atoms with Crippen molar-refractivity contribution in [2.24, 2.45) is 0 Å². The summed E-state index contributed by atoms with van der Waals surface area (Å²) in [6.07, 6.45) is 1.43. The zero-order chi connectivity index (χ0) is 14.5. The van der Waals surface area contributed by atoms with E-state index < -0.39 is 5.97 Å². The number of carbonyl (C=O) groups excluding carboxylic acids is 1. The highest BCUT2D eigenvalue weighted by molar-refractivity contribution is 6.04. The molecule has 0 spiro atoms. The molecule has 2 aromatic rings. The number of para-hydroxylation sites is 1. The van der Waals surface area contributed by atoms with Gasteiger partial charge in [0.25, 0.3) is 5.91 Å². The Hall–Kier alpha value is -2.69. The van der Waals surface area contributed by atoms with E-state index in [0.29, 0.717) is 16.8 Å². The van der Waals surface area contributed by atoms with Crippen LogP contribution in [0, 0.1) is 6.92 Å². The third-order valence-electron chi connectivity index (χ3n) is 2.77. The number of carboxylic acids is 1. The van der Waals surface area contributed by atoms with E-state index in [4.69, 9.17) is 5.11 Å². The first kappa shape index (κ1) is 13.7. The van der Waals surface area contributed by atoms with Gasteiger partial charge < -0.3 is 10.4 Å². The van der Waals surface area contributed by atoms with Crippen LogP contribution in [0.4, 0.5) is 5.69 Å². The van der Waals surface area contributed by atoms with Gasteiger partial charge in [0.2, 0.25) is 0 Å². The van der Waals surface area contributed by atoms with Crippen molar-refractivity contribution < 1.29 is 14.7 Å². The first-order chi connectivity index (χ1) is 9.56. The number of nitrogens with one attached hydrogen (secondary N) is 1. The van der Waals surface area contributed by atoms with Crippen LogP contribution in [0.25, 0.3) is 0 Å². The topological polar surface area (TPSA) is 79.3 Å². The van der Waals surface area contributed by atoms with Crippen LogP contribution < -0.4 is 5.32 Å². The number of aryl methyl sites for hydroxylation is 1. The van der Waals surface area contributed by atoms with Crippen molar-refractivity contribution in [3.63, 3.8) is 0 Å². The smallest absolute Gasteiger partial charge is 0.307 e. The van der Waals surface area contributed by atoms with E-state index in [0.717, 1.165) is 5.69 Å². The summed E-state index contributed by atoms with van der Waals surface area (Å²) in [5.41, 5.74) is 2.31. The molecule has 1 aromatic carbocycles. The highest BCUT2D eigenvalue weighted by Crippen LogP contribution is 2.17. The summed E-state index contributed by atoms with van der Waals surface area (Å²) in [4.78, 5) is 26.9. The standard InChI is InChI=1S/C15H14N2O3/c1-10-8-12(6-7-16-10)15(20)17-13-5-3-2-4-11(13)9-14(18)19/h2-8H,9H2,1H3,(H,17,20)(H,18,19). The number of benzene rings is 1. The van der Waals surface area contributed by atoms with Crippen molar-refractivity contribution in [1.29, 1.82) is 0 Å². The summed E-state index contributed by atoms with van der Waals surface area (Å²) in [6.45, 7) is 1.80. The predicted molar refractivity (Wildman–Crippen MR) is 74.7 cm³/mol. The van der Waals surface area contributed by atoms with E-state index in [1.165, 1.54) is 0 Å². The summed E-state index contributed by atoms with van der Waals surface area (Å²) >= 11 is 0. The Bertz CT molecular complexity index is 653. The average Bonchev–Trinajstić information content (AvgIpc) is 2.40. The molecular weight excluding hydrogens is 256 g/mol. The van der Waals surface area contributed by atoms with Gasteiger partial charge in [-0.1, -0.05) is 18.2 Å². The average molecular weight is 270 g/mol. The molecule has 102 valence electrons. The number of hydrogen-bond acceptors (Lipinski definition) is 3. The maximum Gasteiger partial charge on any atom is 0.307 e. The minimum atomic E-state index is -0.938. The van der Waals surface area contributed by atoms with Gasteiger partial charge in [-0.05, 0) is 30.7 Å². The normalized spacial score (nSPS) is 10.1. The van der Waals surface area contributed by atoms with Crippen LogP contribution in [-0.2, 0) is 11.2 Å². The molecule has 0 saturated carbocycles. The zero-order valence-electron chi connectivity index (χ0n) is 11.0. The Morgan fingerprint density at radius 2 is 2.00 bits per heavy atom. The largest absolute Gasteiger partial charge is 0.481 e. The summed E-state index contributed by atoms with van der Waals surface area (Å²) in [5.74, 6) is -1.22. The van der Waals surface area contributed by atoms with Crippen LogP contribution >= 0.6 is 0 Å². The van der Waals surface area contributed by atoms with Crippen LogP contribution in [0.2, 0.25) is 0 Å². The minimum absolute atomic E-state index is 0.133. The Morgan fingerprint density at radius 1 is 1.25 bits per heavy atom. The number of aliphatic carboxylic acids is 1. The van der Waals surface area contributed by atoms with Crippen molar-refractivity contribution in [3.8, 4) is 0 Å². The van der Waals surface area contributed by atoms with Crippen molar-refractivity contribution in [3.05, 3.63) is 59.4 Å². The maximum absolute atomic E-state index is 12.1. The molecule has 5 heteroatoms. The van der Waals surface area contributed by atoms with E-state index in [-0.39, 0.29) is 12.3 Å². The first-order valence-corrected chi connectivity index (χ1v) is 6.10. The first-order valence-electron chi connectivity index (χ1n) is 6.10. The Kier molecular flexibility index (Phi) is 4.10. The molecule has 0 aliphatic rings. The van der Waals surface area contributed by atoms with Crippen molar-refractivity contribution >= 4 is 17.6 Å². The Labute approximate surface area is 116 Å². The minimum Gasteiger partial charge on any atom is -0.481 e. The molecule has 0 saturated heterocycles. The molecule has 5 nitrogen and oxygen atoms in total. The highest BCUT2D eigenvalue weighted by atomic mass is 16.4. The van der Waals surface area contributed by atoms with Crippen molar-refractivity contribution in [1.82, 2.24) is 4.98 Å². The van der Waals surface area contributed by atoms with Crippen molar-refractivity contribution in [2.75, 3.05) is 5.32 Å². The van der Waals surface area contributed by atoms with Gasteiger partial charge in [-0.15, -0.1) is 0 Å². The third-order valence-corrected chi connectivity index (χ3v) is 2.77. The molecule has 0 atom stereocenters. The second-order valence-electron chi connectivity index (χ2n) is 4.37. The lowest BCUT2D eigenvalue weighted by Crippen LogP contribution is -2.14. The van der Waals surface area contributed by atoms with Gasteiger partial charge in [0.05, 0.1) is 6.42 Å².